The predicted molar refractivity (Wildman–Crippen MR) is 78.9 cm³/mol. The average Bonchev–Trinajstić information content (AvgIpc) is 2.40. The smallest absolute Gasteiger partial charge is 0.0927 e. The molecule has 0 heterocycles. The second-order valence-corrected chi connectivity index (χ2v) is 5.49. The van der Waals surface area contributed by atoms with E-state index in [0.717, 1.165) is 19.3 Å². The molecule has 0 aromatic rings. The highest BCUT2D eigenvalue weighted by molar-refractivity contribution is 4.57. The topological polar surface area (TPSA) is 29.5 Å². The van der Waals surface area contributed by atoms with Crippen LogP contribution in [0.2, 0.25) is 0 Å². The van der Waals surface area contributed by atoms with Crippen molar-refractivity contribution >= 4 is 0 Å². The van der Waals surface area contributed by atoms with Crippen molar-refractivity contribution in [3.8, 4) is 0 Å². The Bertz CT molecular complexity index is 148. The zero-order chi connectivity index (χ0) is 13.5. The standard InChI is InChI=1S/C16H34O2/c1-3-5-7-8-9-10-11-12-13-15-16(18-17)14-6-4-2/h16-17H,3-15H2,1-2H3. The van der Waals surface area contributed by atoms with Crippen molar-refractivity contribution in [3.05, 3.63) is 0 Å². The third-order valence-electron chi connectivity index (χ3n) is 3.66. The van der Waals surface area contributed by atoms with Crippen LogP contribution in [0.3, 0.4) is 0 Å². The molecule has 2 nitrogen and oxygen atoms in total. The Labute approximate surface area is 114 Å². The first kappa shape index (κ1) is 17.9. The van der Waals surface area contributed by atoms with Gasteiger partial charge in [0.15, 0.2) is 0 Å². The van der Waals surface area contributed by atoms with Gasteiger partial charge in [0.05, 0.1) is 6.10 Å². The van der Waals surface area contributed by atoms with Crippen LogP contribution in [0, 0.1) is 0 Å². The maximum Gasteiger partial charge on any atom is 0.0927 e. The van der Waals surface area contributed by atoms with Gasteiger partial charge in [0.2, 0.25) is 0 Å². The molecule has 0 spiro atoms. The summed E-state index contributed by atoms with van der Waals surface area (Å²) >= 11 is 0. The van der Waals surface area contributed by atoms with Crippen LogP contribution in [0.4, 0.5) is 0 Å². The van der Waals surface area contributed by atoms with Crippen LogP contribution < -0.4 is 0 Å². The van der Waals surface area contributed by atoms with Gasteiger partial charge in [0, 0.05) is 0 Å². The summed E-state index contributed by atoms with van der Waals surface area (Å²) in [6.45, 7) is 4.44. The predicted octanol–water partition coefficient (Wildman–Crippen LogP) is 5.96. The summed E-state index contributed by atoms with van der Waals surface area (Å²) in [4.78, 5) is 4.52. The van der Waals surface area contributed by atoms with Gasteiger partial charge >= 0.3 is 0 Å². The molecule has 18 heavy (non-hydrogen) atoms. The molecule has 1 atom stereocenters. The molecule has 0 rings (SSSR count). The molecule has 0 amide bonds. The molecule has 0 aliphatic heterocycles. The molecule has 0 aliphatic rings. The fourth-order valence-corrected chi connectivity index (χ4v) is 2.36. The van der Waals surface area contributed by atoms with E-state index in [1.165, 1.54) is 64.2 Å². The molecule has 2 heteroatoms. The van der Waals surface area contributed by atoms with Crippen molar-refractivity contribution in [2.45, 2.75) is 103 Å². The molecular formula is C16H34O2. The molecule has 0 aliphatic carbocycles. The highest BCUT2D eigenvalue weighted by Gasteiger charge is 2.07. The van der Waals surface area contributed by atoms with E-state index >= 15 is 0 Å². The van der Waals surface area contributed by atoms with Crippen molar-refractivity contribution in [1.29, 1.82) is 0 Å². The lowest BCUT2D eigenvalue weighted by Crippen LogP contribution is -2.10. The van der Waals surface area contributed by atoms with Gasteiger partial charge in [-0.1, -0.05) is 84.5 Å². The summed E-state index contributed by atoms with van der Waals surface area (Å²) in [5, 5.41) is 8.78. The fraction of sp³-hybridized carbons (Fsp3) is 1.00. The van der Waals surface area contributed by atoms with Gasteiger partial charge in [-0.05, 0) is 12.8 Å². The van der Waals surface area contributed by atoms with Gasteiger partial charge in [-0.15, -0.1) is 0 Å². The van der Waals surface area contributed by atoms with E-state index in [9.17, 15) is 0 Å². The average molecular weight is 258 g/mol. The third-order valence-corrected chi connectivity index (χ3v) is 3.66. The van der Waals surface area contributed by atoms with E-state index in [0.29, 0.717) is 0 Å². The van der Waals surface area contributed by atoms with Crippen molar-refractivity contribution < 1.29 is 10.1 Å². The molecule has 0 aromatic heterocycles. The Morgan fingerprint density at radius 3 is 1.61 bits per heavy atom. The lowest BCUT2D eigenvalue weighted by molar-refractivity contribution is -0.281. The lowest BCUT2D eigenvalue weighted by atomic mass is 10.0. The molecule has 0 saturated heterocycles. The summed E-state index contributed by atoms with van der Waals surface area (Å²) in [6, 6.07) is 0. The van der Waals surface area contributed by atoms with Gasteiger partial charge in [-0.2, -0.15) is 0 Å². The Balaban J connectivity index is 3.17. The first-order valence-electron chi connectivity index (χ1n) is 8.15. The fourth-order valence-electron chi connectivity index (χ4n) is 2.36. The number of hydrogen-bond donors (Lipinski definition) is 1. The zero-order valence-electron chi connectivity index (χ0n) is 12.6. The third kappa shape index (κ3) is 12.4. The Morgan fingerprint density at radius 1 is 0.667 bits per heavy atom. The van der Waals surface area contributed by atoms with Crippen LogP contribution in [0.1, 0.15) is 97.3 Å². The normalized spacial score (nSPS) is 12.8. The molecule has 0 fully saturated rings. The van der Waals surface area contributed by atoms with E-state index < -0.39 is 0 Å². The minimum absolute atomic E-state index is 0.0782. The van der Waals surface area contributed by atoms with Gasteiger partial charge in [0.1, 0.15) is 0 Å². The van der Waals surface area contributed by atoms with Gasteiger partial charge in [-0.25, -0.2) is 4.89 Å². The highest BCUT2D eigenvalue weighted by atomic mass is 17.1. The lowest BCUT2D eigenvalue weighted by Gasteiger charge is -2.12. The molecule has 1 N–H and O–H groups in total. The maximum atomic E-state index is 8.78. The molecule has 0 saturated carbocycles. The Morgan fingerprint density at radius 2 is 1.11 bits per heavy atom. The second-order valence-electron chi connectivity index (χ2n) is 5.49. The number of unbranched alkanes of at least 4 members (excludes halogenated alkanes) is 9. The summed E-state index contributed by atoms with van der Waals surface area (Å²) < 4.78 is 0. The van der Waals surface area contributed by atoms with Gasteiger partial charge in [0.25, 0.3) is 0 Å². The maximum absolute atomic E-state index is 8.78. The van der Waals surface area contributed by atoms with E-state index in [1.54, 1.807) is 0 Å². The van der Waals surface area contributed by atoms with E-state index in [1.807, 2.05) is 0 Å². The molecule has 1 unspecified atom stereocenters. The van der Waals surface area contributed by atoms with Crippen LogP contribution in [0.25, 0.3) is 0 Å². The quantitative estimate of drug-likeness (QED) is 0.237. The molecule has 0 aromatic carbocycles. The molecule has 0 bridgehead atoms. The summed E-state index contributed by atoms with van der Waals surface area (Å²) in [5.74, 6) is 0. The van der Waals surface area contributed by atoms with E-state index in [-0.39, 0.29) is 6.10 Å². The zero-order valence-corrected chi connectivity index (χ0v) is 12.6. The SMILES string of the molecule is CCCCCCCCCCCC(CCCC)OO. The van der Waals surface area contributed by atoms with Crippen LogP contribution in [0.15, 0.2) is 0 Å². The minimum Gasteiger partial charge on any atom is -0.252 e. The first-order valence-corrected chi connectivity index (χ1v) is 8.15. The van der Waals surface area contributed by atoms with Crippen molar-refractivity contribution in [2.24, 2.45) is 0 Å². The number of rotatable bonds is 14. The van der Waals surface area contributed by atoms with E-state index in [4.69, 9.17) is 5.26 Å². The van der Waals surface area contributed by atoms with Crippen LogP contribution in [-0.2, 0) is 4.89 Å². The molecular weight excluding hydrogens is 224 g/mol. The molecule has 110 valence electrons. The molecule has 0 radical (unpaired) electrons. The Kier molecular flexibility index (Phi) is 14.9. The minimum atomic E-state index is 0.0782. The van der Waals surface area contributed by atoms with Gasteiger partial charge < -0.3 is 0 Å². The largest absolute Gasteiger partial charge is 0.252 e. The summed E-state index contributed by atoms with van der Waals surface area (Å²) in [6.07, 6.45) is 16.6. The number of hydrogen-bond acceptors (Lipinski definition) is 2. The van der Waals surface area contributed by atoms with Gasteiger partial charge in [-0.3, -0.25) is 5.26 Å². The van der Waals surface area contributed by atoms with Crippen LogP contribution in [-0.4, -0.2) is 11.4 Å². The van der Waals surface area contributed by atoms with E-state index in [2.05, 4.69) is 18.7 Å². The summed E-state index contributed by atoms with van der Waals surface area (Å²) in [7, 11) is 0. The van der Waals surface area contributed by atoms with Crippen molar-refractivity contribution in [3.63, 3.8) is 0 Å². The summed E-state index contributed by atoms with van der Waals surface area (Å²) in [5.41, 5.74) is 0. The highest BCUT2D eigenvalue weighted by Crippen LogP contribution is 2.14. The van der Waals surface area contributed by atoms with Crippen LogP contribution in [0.5, 0.6) is 0 Å². The first-order chi connectivity index (χ1) is 8.85. The second kappa shape index (κ2) is 15.0. The van der Waals surface area contributed by atoms with Crippen LogP contribution >= 0.6 is 0 Å². The Hall–Kier alpha value is -0.0800. The monoisotopic (exact) mass is 258 g/mol. The van der Waals surface area contributed by atoms with Crippen molar-refractivity contribution in [1.82, 2.24) is 0 Å². The van der Waals surface area contributed by atoms with Crippen molar-refractivity contribution in [2.75, 3.05) is 0 Å².